The van der Waals surface area contributed by atoms with Crippen LogP contribution in [0.4, 0.5) is 0 Å². The lowest BCUT2D eigenvalue weighted by Crippen LogP contribution is -2.59. The highest BCUT2D eigenvalue weighted by atomic mass is 15.3. The Morgan fingerprint density at radius 2 is 2.18 bits per heavy atom. The maximum absolute atomic E-state index is 8.88. The minimum Gasteiger partial charge on any atom is -0.314 e. The fraction of sp³-hybridized carbons (Fsp3) is 0.875. The molecule has 60 valence electrons. The summed E-state index contributed by atoms with van der Waals surface area (Å²) in [5.74, 6) is 0. The molecule has 1 aliphatic carbocycles. The largest absolute Gasteiger partial charge is 0.314 e. The van der Waals surface area contributed by atoms with Crippen molar-refractivity contribution in [2.75, 3.05) is 20.1 Å². The van der Waals surface area contributed by atoms with Crippen LogP contribution in [0, 0.1) is 11.3 Å². The van der Waals surface area contributed by atoms with E-state index >= 15 is 0 Å². The highest BCUT2D eigenvalue weighted by Gasteiger charge is 2.50. The van der Waals surface area contributed by atoms with Gasteiger partial charge in [-0.1, -0.05) is 0 Å². The van der Waals surface area contributed by atoms with Crippen LogP contribution in [-0.4, -0.2) is 36.6 Å². The summed E-state index contributed by atoms with van der Waals surface area (Å²) in [6.45, 7) is 2.11. The standard InChI is InChI=1S/C8H13N3/c1-11(7-4-10-5-7)8(6-9)2-3-8/h7,10H,2-5H2,1H3. The molecule has 0 spiro atoms. The molecule has 1 aliphatic heterocycles. The van der Waals surface area contributed by atoms with E-state index in [9.17, 15) is 0 Å². The van der Waals surface area contributed by atoms with Crippen LogP contribution in [-0.2, 0) is 0 Å². The van der Waals surface area contributed by atoms with Gasteiger partial charge in [-0.2, -0.15) is 5.26 Å². The molecule has 0 aromatic rings. The lowest BCUT2D eigenvalue weighted by Gasteiger charge is -2.38. The Hall–Kier alpha value is -0.590. The van der Waals surface area contributed by atoms with Gasteiger partial charge in [0.05, 0.1) is 6.07 Å². The van der Waals surface area contributed by atoms with Crippen LogP contribution < -0.4 is 5.32 Å². The van der Waals surface area contributed by atoms with Gasteiger partial charge in [0.25, 0.3) is 0 Å². The lowest BCUT2D eigenvalue weighted by molar-refractivity contribution is 0.141. The molecule has 2 fully saturated rings. The third kappa shape index (κ3) is 0.943. The smallest absolute Gasteiger partial charge is 0.109 e. The fourth-order valence-electron chi connectivity index (χ4n) is 1.56. The van der Waals surface area contributed by atoms with Crippen LogP contribution in [0.1, 0.15) is 12.8 Å². The number of rotatable bonds is 2. The van der Waals surface area contributed by atoms with Crippen LogP contribution in [0.25, 0.3) is 0 Å². The summed E-state index contributed by atoms with van der Waals surface area (Å²) in [5, 5.41) is 12.1. The van der Waals surface area contributed by atoms with E-state index in [1.807, 2.05) is 0 Å². The Bertz CT molecular complexity index is 198. The van der Waals surface area contributed by atoms with Crippen LogP contribution >= 0.6 is 0 Å². The van der Waals surface area contributed by atoms with E-state index in [1.165, 1.54) is 0 Å². The summed E-state index contributed by atoms with van der Waals surface area (Å²) in [6, 6.07) is 3.01. The summed E-state index contributed by atoms with van der Waals surface area (Å²) >= 11 is 0. The van der Waals surface area contributed by atoms with Gasteiger partial charge in [-0.3, -0.25) is 4.90 Å². The molecular weight excluding hydrogens is 138 g/mol. The molecular formula is C8H13N3. The zero-order valence-electron chi connectivity index (χ0n) is 6.80. The Morgan fingerprint density at radius 3 is 2.45 bits per heavy atom. The molecule has 0 aromatic heterocycles. The summed E-state index contributed by atoms with van der Waals surface area (Å²) in [4.78, 5) is 2.24. The highest BCUT2D eigenvalue weighted by Crippen LogP contribution is 2.41. The van der Waals surface area contributed by atoms with Gasteiger partial charge in [-0.05, 0) is 19.9 Å². The molecule has 3 nitrogen and oxygen atoms in total. The molecule has 1 heterocycles. The number of nitrogens with zero attached hydrogens (tertiary/aromatic N) is 2. The average molecular weight is 151 g/mol. The van der Waals surface area contributed by atoms with Crippen molar-refractivity contribution in [3.05, 3.63) is 0 Å². The van der Waals surface area contributed by atoms with Gasteiger partial charge in [0.15, 0.2) is 0 Å². The zero-order chi connectivity index (χ0) is 7.90. The maximum atomic E-state index is 8.88. The van der Waals surface area contributed by atoms with Crippen molar-refractivity contribution in [3.8, 4) is 6.07 Å². The molecule has 2 rings (SSSR count). The van der Waals surface area contributed by atoms with Crippen molar-refractivity contribution < 1.29 is 0 Å². The Kier molecular flexibility index (Phi) is 1.41. The Morgan fingerprint density at radius 1 is 1.55 bits per heavy atom. The Balaban J connectivity index is 1.99. The van der Waals surface area contributed by atoms with E-state index in [4.69, 9.17) is 5.26 Å². The second-order valence-electron chi connectivity index (χ2n) is 3.57. The molecule has 3 heteroatoms. The zero-order valence-corrected chi connectivity index (χ0v) is 6.80. The van der Waals surface area contributed by atoms with Crippen LogP contribution in [0.15, 0.2) is 0 Å². The van der Waals surface area contributed by atoms with E-state index in [0.29, 0.717) is 6.04 Å². The number of nitrogens with one attached hydrogen (secondary N) is 1. The molecule has 0 atom stereocenters. The molecule has 1 N–H and O–H groups in total. The molecule has 11 heavy (non-hydrogen) atoms. The average Bonchev–Trinajstić information content (AvgIpc) is 2.63. The number of likely N-dealkylation sites (N-methyl/N-ethyl adjacent to an activating group) is 1. The molecule has 0 amide bonds. The van der Waals surface area contributed by atoms with Gasteiger partial charge < -0.3 is 5.32 Å². The topological polar surface area (TPSA) is 39.1 Å². The first-order valence-corrected chi connectivity index (χ1v) is 4.13. The molecule has 0 radical (unpaired) electrons. The summed E-state index contributed by atoms with van der Waals surface area (Å²) in [7, 11) is 2.07. The van der Waals surface area contributed by atoms with E-state index in [2.05, 4.69) is 23.3 Å². The third-order valence-corrected chi connectivity index (χ3v) is 2.91. The van der Waals surface area contributed by atoms with Gasteiger partial charge in [-0.25, -0.2) is 0 Å². The lowest BCUT2D eigenvalue weighted by atomic mass is 10.1. The van der Waals surface area contributed by atoms with Crippen molar-refractivity contribution in [1.82, 2.24) is 10.2 Å². The third-order valence-electron chi connectivity index (χ3n) is 2.91. The normalized spacial score (nSPS) is 27.7. The van der Waals surface area contributed by atoms with Crippen molar-refractivity contribution >= 4 is 0 Å². The molecule has 0 bridgehead atoms. The molecule has 1 saturated carbocycles. The number of nitriles is 1. The van der Waals surface area contributed by atoms with Gasteiger partial charge in [-0.15, -0.1) is 0 Å². The summed E-state index contributed by atoms with van der Waals surface area (Å²) < 4.78 is 0. The number of hydrogen-bond acceptors (Lipinski definition) is 3. The Labute approximate surface area is 67.0 Å². The van der Waals surface area contributed by atoms with Gasteiger partial charge >= 0.3 is 0 Å². The van der Waals surface area contributed by atoms with Crippen molar-refractivity contribution in [2.45, 2.75) is 24.4 Å². The maximum Gasteiger partial charge on any atom is 0.109 e. The predicted octanol–water partition coefficient (Wildman–Crippen LogP) is -0.0538. The van der Waals surface area contributed by atoms with E-state index in [-0.39, 0.29) is 5.54 Å². The fourth-order valence-corrected chi connectivity index (χ4v) is 1.56. The van der Waals surface area contributed by atoms with E-state index < -0.39 is 0 Å². The minimum absolute atomic E-state index is 0.0766. The highest BCUT2D eigenvalue weighted by molar-refractivity contribution is 5.20. The first-order valence-electron chi connectivity index (χ1n) is 4.13. The van der Waals surface area contributed by atoms with Gasteiger partial charge in [0.2, 0.25) is 0 Å². The summed E-state index contributed by atoms with van der Waals surface area (Å²) in [6.07, 6.45) is 2.13. The van der Waals surface area contributed by atoms with Gasteiger partial charge in [0.1, 0.15) is 5.54 Å². The first-order chi connectivity index (χ1) is 5.28. The molecule has 1 saturated heterocycles. The van der Waals surface area contributed by atoms with Crippen LogP contribution in [0.3, 0.4) is 0 Å². The second kappa shape index (κ2) is 2.20. The predicted molar refractivity (Wildman–Crippen MR) is 42.0 cm³/mol. The minimum atomic E-state index is -0.0766. The monoisotopic (exact) mass is 151 g/mol. The summed E-state index contributed by atoms with van der Waals surface area (Å²) in [5.41, 5.74) is -0.0766. The van der Waals surface area contributed by atoms with E-state index in [1.54, 1.807) is 0 Å². The number of hydrogen-bond donors (Lipinski definition) is 1. The molecule has 0 aromatic carbocycles. The van der Waals surface area contributed by atoms with E-state index in [0.717, 1.165) is 25.9 Å². The molecule has 0 unspecified atom stereocenters. The second-order valence-corrected chi connectivity index (χ2v) is 3.57. The van der Waals surface area contributed by atoms with Crippen molar-refractivity contribution in [1.29, 1.82) is 5.26 Å². The van der Waals surface area contributed by atoms with Crippen molar-refractivity contribution in [3.63, 3.8) is 0 Å². The molecule has 2 aliphatic rings. The SMILES string of the molecule is CN(C1CNC1)C1(C#N)CC1. The van der Waals surface area contributed by atoms with Crippen LogP contribution in [0.2, 0.25) is 0 Å². The van der Waals surface area contributed by atoms with Gasteiger partial charge in [0, 0.05) is 19.1 Å². The first kappa shape index (κ1) is 7.08. The van der Waals surface area contributed by atoms with Crippen molar-refractivity contribution in [2.24, 2.45) is 0 Å². The quantitative estimate of drug-likeness (QED) is 0.601. The van der Waals surface area contributed by atoms with Crippen LogP contribution in [0.5, 0.6) is 0 Å².